The summed E-state index contributed by atoms with van der Waals surface area (Å²) in [4.78, 5) is 8.91. The van der Waals surface area contributed by atoms with E-state index >= 15 is 0 Å². The summed E-state index contributed by atoms with van der Waals surface area (Å²) in [5, 5.41) is 10.2. The third kappa shape index (κ3) is 2.76. The summed E-state index contributed by atoms with van der Waals surface area (Å²) < 4.78 is 2.12. The molecule has 4 nitrogen and oxygen atoms in total. The maximum Gasteiger partial charge on any atom is 0.177 e. The summed E-state index contributed by atoms with van der Waals surface area (Å²) in [5.41, 5.74) is 2.63. The van der Waals surface area contributed by atoms with Gasteiger partial charge < -0.3 is 9.67 Å². The summed E-state index contributed by atoms with van der Waals surface area (Å²) in [6.45, 7) is 2.70. The molecule has 0 unspecified atom stereocenters. The first kappa shape index (κ1) is 15.1. The topological polar surface area (TPSA) is 50.9 Å². The van der Waals surface area contributed by atoms with Gasteiger partial charge in [-0.3, -0.25) is 0 Å². The average molecular weight is 336 g/mol. The van der Waals surface area contributed by atoms with Gasteiger partial charge in [0.15, 0.2) is 11.4 Å². The van der Waals surface area contributed by atoms with Crippen LogP contribution in [0.25, 0.3) is 11.2 Å². The highest BCUT2D eigenvalue weighted by Gasteiger charge is 2.13. The lowest BCUT2D eigenvalue weighted by atomic mass is 10.2. The summed E-state index contributed by atoms with van der Waals surface area (Å²) in [6, 6.07) is 7.34. The summed E-state index contributed by atoms with van der Waals surface area (Å²) in [5.74, 6) is 0.898. The molecule has 0 bridgehead atoms. The van der Waals surface area contributed by atoms with Crippen LogP contribution < -0.4 is 0 Å². The molecule has 0 aliphatic carbocycles. The maximum absolute atomic E-state index is 9.67. The highest BCUT2D eigenvalue weighted by Crippen LogP contribution is 2.33. The Bertz CT molecular complexity index is 806. The van der Waals surface area contributed by atoms with E-state index in [9.17, 15) is 5.11 Å². The first-order chi connectivity index (χ1) is 10.6. The maximum atomic E-state index is 9.67. The van der Waals surface area contributed by atoms with Crippen molar-refractivity contribution >= 4 is 34.4 Å². The Kier molecular flexibility index (Phi) is 4.23. The molecule has 0 saturated heterocycles. The number of nitrogens with zero attached hydrogens (tertiary/aromatic N) is 3. The Morgan fingerprint density at radius 2 is 1.95 bits per heavy atom. The van der Waals surface area contributed by atoms with Crippen molar-refractivity contribution in [2.75, 3.05) is 0 Å². The number of aromatic nitrogens is 3. The fraction of sp³-hybridized carbons (Fsp3) is 0.250. The van der Waals surface area contributed by atoms with Crippen molar-refractivity contribution in [2.24, 2.45) is 0 Å². The van der Waals surface area contributed by atoms with E-state index in [0.29, 0.717) is 6.54 Å². The van der Waals surface area contributed by atoms with Crippen LogP contribution in [0.3, 0.4) is 0 Å². The van der Waals surface area contributed by atoms with E-state index in [1.807, 2.05) is 12.1 Å². The van der Waals surface area contributed by atoms with Crippen LogP contribution in [0.1, 0.15) is 24.7 Å². The van der Waals surface area contributed by atoms with Gasteiger partial charge in [-0.05, 0) is 36.2 Å². The van der Waals surface area contributed by atoms with Crippen molar-refractivity contribution in [3.8, 4) is 5.75 Å². The Balaban J connectivity index is 2.08. The fourth-order valence-electron chi connectivity index (χ4n) is 2.49. The minimum absolute atomic E-state index is 0.0852. The smallest absolute Gasteiger partial charge is 0.177 e. The van der Waals surface area contributed by atoms with Crippen molar-refractivity contribution in [2.45, 2.75) is 26.3 Å². The number of rotatable bonds is 4. The van der Waals surface area contributed by atoms with Crippen LogP contribution in [-0.2, 0) is 13.0 Å². The zero-order valence-electron chi connectivity index (χ0n) is 12.1. The summed E-state index contributed by atoms with van der Waals surface area (Å²) in [6.07, 6.45) is 3.61. The van der Waals surface area contributed by atoms with Crippen LogP contribution in [0.4, 0.5) is 0 Å². The van der Waals surface area contributed by atoms with Crippen LogP contribution in [0, 0.1) is 0 Å². The lowest BCUT2D eigenvalue weighted by Crippen LogP contribution is -2.05. The van der Waals surface area contributed by atoms with Gasteiger partial charge in [-0.15, -0.1) is 0 Å². The highest BCUT2D eigenvalue weighted by atomic mass is 35.5. The first-order valence-corrected chi connectivity index (χ1v) is 7.82. The molecule has 0 spiro atoms. The number of phenolic OH excluding ortho intramolecular Hbond substituents is 1. The molecule has 0 aliphatic heterocycles. The minimum Gasteiger partial charge on any atom is -0.505 e. The largest absolute Gasteiger partial charge is 0.505 e. The Morgan fingerprint density at radius 3 is 2.64 bits per heavy atom. The van der Waals surface area contributed by atoms with Crippen molar-refractivity contribution in [1.82, 2.24) is 14.5 Å². The lowest BCUT2D eigenvalue weighted by molar-refractivity contribution is 0.475. The number of benzene rings is 1. The molecule has 3 aromatic rings. The Hall–Kier alpha value is -1.78. The molecular formula is C16H15Cl2N3O. The molecule has 0 aliphatic rings. The third-order valence-corrected chi connectivity index (χ3v) is 4.07. The van der Waals surface area contributed by atoms with Gasteiger partial charge in [0, 0.05) is 19.2 Å². The van der Waals surface area contributed by atoms with Gasteiger partial charge >= 0.3 is 0 Å². The quantitative estimate of drug-likeness (QED) is 0.766. The molecule has 1 N–H and O–H groups in total. The SMILES string of the molecule is CCCc1nc2ncccc2n1Cc1cc(Cl)c(O)c(Cl)c1. The molecule has 0 saturated carbocycles. The second-order valence-electron chi connectivity index (χ2n) is 5.12. The summed E-state index contributed by atoms with van der Waals surface area (Å²) in [7, 11) is 0. The molecule has 6 heteroatoms. The van der Waals surface area contributed by atoms with E-state index in [1.165, 1.54) is 0 Å². The molecule has 0 fully saturated rings. The van der Waals surface area contributed by atoms with E-state index in [2.05, 4.69) is 21.5 Å². The Labute approximate surface area is 138 Å². The van der Waals surface area contributed by atoms with Gasteiger partial charge in [0.1, 0.15) is 5.82 Å². The van der Waals surface area contributed by atoms with E-state index in [-0.39, 0.29) is 15.8 Å². The second-order valence-corrected chi connectivity index (χ2v) is 5.93. The molecule has 0 amide bonds. The zero-order chi connectivity index (χ0) is 15.7. The number of pyridine rings is 1. The number of hydrogen-bond donors (Lipinski definition) is 1. The highest BCUT2D eigenvalue weighted by molar-refractivity contribution is 6.37. The minimum atomic E-state index is -0.0852. The lowest BCUT2D eigenvalue weighted by Gasteiger charge is -2.10. The van der Waals surface area contributed by atoms with Crippen LogP contribution in [-0.4, -0.2) is 19.6 Å². The van der Waals surface area contributed by atoms with Crippen molar-refractivity contribution in [1.29, 1.82) is 0 Å². The number of fused-ring (bicyclic) bond motifs is 1. The van der Waals surface area contributed by atoms with Gasteiger partial charge in [-0.25, -0.2) is 9.97 Å². The fourth-order valence-corrected chi connectivity index (χ4v) is 3.02. The normalized spacial score (nSPS) is 11.2. The molecule has 114 valence electrons. The number of aromatic hydroxyl groups is 1. The predicted octanol–water partition coefficient (Wildman–Crippen LogP) is 4.44. The molecule has 0 atom stereocenters. The average Bonchev–Trinajstić information content (AvgIpc) is 2.83. The molecule has 1 aromatic carbocycles. The van der Waals surface area contributed by atoms with E-state index in [4.69, 9.17) is 23.2 Å². The van der Waals surface area contributed by atoms with Gasteiger partial charge in [0.2, 0.25) is 0 Å². The summed E-state index contributed by atoms with van der Waals surface area (Å²) >= 11 is 12.0. The van der Waals surface area contributed by atoms with Crippen LogP contribution in [0.15, 0.2) is 30.5 Å². The molecular weight excluding hydrogens is 321 g/mol. The van der Waals surface area contributed by atoms with Gasteiger partial charge in [0.25, 0.3) is 0 Å². The molecule has 3 rings (SSSR count). The number of phenols is 1. The standard InChI is InChI=1S/C16H15Cl2N3O/c1-2-4-14-20-16-13(5-3-6-19-16)21(14)9-10-7-11(17)15(22)12(18)8-10/h3,5-8,22H,2,4,9H2,1H3. The van der Waals surface area contributed by atoms with Crippen molar-refractivity contribution < 1.29 is 5.11 Å². The molecule has 2 heterocycles. The zero-order valence-corrected chi connectivity index (χ0v) is 13.6. The van der Waals surface area contributed by atoms with Gasteiger partial charge in [0.05, 0.1) is 15.6 Å². The van der Waals surface area contributed by atoms with E-state index < -0.39 is 0 Å². The molecule has 0 radical (unpaired) electrons. The van der Waals surface area contributed by atoms with Crippen LogP contribution in [0.5, 0.6) is 5.75 Å². The molecule has 2 aromatic heterocycles. The van der Waals surface area contributed by atoms with Crippen molar-refractivity contribution in [3.05, 3.63) is 51.9 Å². The predicted molar refractivity (Wildman–Crippen MR) is 88.8 cm³/mol. The first-order valence-electron chi connectivity index (χ1n) is 7.07. The number of aryl methyl sites for hydroxylation is 1. The van der Waals surface area contributed by atoms with Gasteiger partial charge in [-0.1, -0.05) is 30.1 Å². The number of imidazole rings is 1. The van der Waals surface area contributed by atoms with Crippen LogP contribution in [0.2, 0.25) is 10.0 Å². The van der Waals surface area contributed by atoms with E-state index in [0.717, 1.165) is 35.4 Å². The van der Waals surface area contributed by atoms with E-state index in [1.54, 1.807) is 18.3 Å². The Morgan fingerprint density at radius 1 is 1.23 bits per heavy atom. The third-order valence-electron chi connectivity index (χ3n) is 3.49. The number of halogens is 2. The van der Waals surface area contributed by atoms with Crippen molar-refractivity contribution in [3.63, 3.8) is 0 Å². The number of hydrogen-bond acceptors (Lipinski definition) is 3. The second kappa shape index (κ2) is 6.15. The molecule has 22 heavy (non-hydrogen) atoms. The van der Waals surface area contributed by atoms with Gasteiger partial charge in [-0.2, -0.15) is 0 Å². The van der Waals surface area contributed by atoms with Crippen LogP contribution >= 0.6 is 23.2 Å². The monoisotopic (exact) mass is 335 g/mol.